The fraction of sp³-hybridized carbons (Fsp3) is 0.167. The van der Waals surface area contributed by atoms with E-state index in [1.54, 1.807) is 6.07 Å². The van der Waals surface area contributed by atoms with Crippen molar-refractivity contribution in [3.05, 3.63) is 58.9 Å². The number of nitrogens with zero attached hydrogens (tertiary/aromatic N) is 1. The van der Waals surface area contributed by atoms with Gasteiger partial charge in [-0.05, 0) is 31.2 Å². The zero-order chi connectivity index (χ0) is 16.9. The zero-order valence-corrected chi connectivity index (χ0v) is 13.1. The minimum Gasteiger partial charge on any atom is -0.330 e. The number of fused-ring (bicyclic) bond motifs is 1. The largest absolute Gasteiger partial charge is 0.330 e. The third kappa shape index (κ3) is 3.33. The second-order valence-corrected chi connectivity index (χ2v) is 5.47. The van der Waals surface area contributed by atoms with Gasteiger partial charge < -0.3 is 11.1 Å². The zero-order valence-electron chi connectivity index (χ0n) is 13.1. The second-order valence-electron chi connectivity index (χ2n) is 5.47. The summed E-state index contributed by atoms with van der Waals surface area (Å²) in [5.41, 5.74) is 7.37. The summed E-state index contributed by atoms with van der Waals surface area (Å²) < 4.78 is 0. The van der Waals surface area contributed by atoms with Crippen molar-refractivity contribution in [2.45, 2.75) is 12.8 Å². The lowest BCUT2D eigenvalue weighted by Gasteiger charge is -2.08. The third-order valence-electron chi connectivity index (χ3n) is 3.72. The number of aromatic amines is 1. The van der Waals surface area contributed by atoms with E-state index < -0.39 is 0 Å². The molecular formula is C18H18N4O2. The molecule has 6 nitrogen and oxygen atoms in total. The average molecular weight is 322 g/mol. The summed E-state index contributed by atoms with van der Waals surface area (Å²) in [4.78, 5) is 23.7. The summed E-state index contributed by atoms with van der Waals surface area (Å²) in [7, 11) is 0. The summed E-state index contributed by atoms with van der Waals surface area (Å²) in [6.07, 6.45) is 1.04. The van der Waals surface area contributed by atoms with Crippen LogP contribution in [0.1, 0.15) is 12.8 Å². The Morgan fingerprint density at radius 3 is 2.71 bits per heavy atom. The second kappa shape index (κ2) is 7.06. The molecule has 0 aliphatic rings. The van der Waals surface area contributed by atoms with Gasteiger partial charge in [0.2, 0.25) is 5.91 Å². The van der Waals surface area contributed by atoms with Crippen molar-refractivity contribution in [1.29, 1.82) is 0 Å². The van der Waals surface area contributed by atoms with Crippen LogP contribution in [0, 0.1) is 0 Å². The summed E-state index contributed by atoms with van der Waals surface area (Å²) in [6.45, 7) is 0.487. The number of nitrogens with two attached hydrogens (primary N) is 1. The molecule has 4 N–H and O–H groups in total. The summed E-state index contributed by atoms with van der Waals surface area (Å²) in [6, 6.07) is 14.7. The van der Waals surface area contributed by atoms with Gasteiger partial charge in [0.05, 0.1) is 11.1 Å². The molecule has 1 aromatic heterocycles. The first kappa shape index (κ1) is 15.9. The topological polar surface area (TPSA) is 101 Å². The lowest BCUT2D eigenvalue weighted by molar-refractivity contribution is -0.116. The highest BCUT2D eigenvalue weighted by molar-refractivity contribution is 5.95. The Bertz CT molecular complexity index is 933. The van der Waals surface area contributed by atoms with Crippen LogP contribution in [0.5, 0.6) is 0 Å². The van der Waals surface area contributed by atoms with Crippen molar-refractivity contribution < 1.29 is 4.79 Å². The molecule has 0 fully saturated rings. The number of rotatable bonds is 5. The highest BCUT2D eigenvalue weighted by atomic mass is 16.1. The molecule has 2 aromatic carbocycles. The molecule has 6 heteroatoms. The molecule has 0 saturated carbocycles. The van der Waals surface area contributed by atoms with Crippen LogP contribution in [-0.2, 0) is 4.79 Å². The van der Waals surface area contributed by atoms with Crippen molar-refractivity contribution in [2.24, 2.45) is 5.73 Å². The van der Waals surface area contributed by atoms with Gasteiger partial charge in [0.15, 0.2) is 0 Å². The highest BCUT2D eigenvalue weighted by Gasteiger charge is 2.09. The number of anilines is 1. The summed E-state index contributed by atoms with van der Waals surface area (Å²) >= 11 is 0. The first-order valence-corrected chi connectivity index (χ1v) is 7.77. The average Bonchev–Trinajstić information content (AvgIpc) is 2.61. The molecule has 0 aliphatic carbocycles. The number of amides is 1. The van der Waals surface area contributed by atoms with Crippen LogP contribution in [0.3, 0.4) is 0 Å². The predicted octanol–water partition coefficient (Wildman–Crippen LogP) is 2.27. The van der Waals surface area contributed by atoms with E-state index in [1.807, 2.05) is 42.5 Å². The SMILES string of the molecule is NCCCC(=O)Nc1cccc(-c2n[nH]c(=O)c3ccccc23)c1. The lowest BCUT2D eigenvalue weighted by Crippen LogP contribution is -2.13. The van der Waals surface area contributed by atoms with Crippen LogP contribution in [0.25, 0.3) is 22.0 Å². The highest BCUT2D eigenvalue weighted by Crippen LogP contribution is 2.26. The molecule has 24 heavy (non-hydrogen) atoms. The number of aromatic nitrogens is 2. The van der Waals surface area contributed by atoms with Gasteiger partial charge in [0.1, 0.15) is 0 Å². The maximum Gasteiger partial charge on any atom is 0.272 e. The molecule has 0 atom stereocenters. The Kier molecular flexibility index (Phi) is 4.67. The minimum atomic E-state index is -0.222. The molecule has 0 radical (unpaired) electrons. The van der Waals surface area contributed by atoms with Gasteiger partial charge >= 0.3 is 0 Å². The quantitative estimate of drug-likeness (QED) is 0.670. The smallest absolute Gasteiger partial charge is 0.272 e. The third-order valence-corrected chi connectivity index (χ3v) is 3.72. The molecule has 1 heterocycles. The van der Waals surface area contributed by atoms with Crippen molar-refractivity contribution in [2.75, 3.05) is 11.9 Å². The van der Waals surface area contributed by atoms with Gasteiger partial charge in [-0.3, -0.25) is 9.59 Å². The fourth-order valence-electron chi connectivity index (χ4n) is 2.57. The van der Waals surface area contributed by atoms with E-state index in [1.165, 1.54) is 0 Å². The maximum atomic E-state index is 11.9. The molecule has 3 aromatic rings. The number of hydrogen-bond donors (Lipinski definition) is 3. The molecule has 0 unspecified atom stereocenters. The standard InChI is InChI=1S/C18H18N4O2/c19-10-4-9-16(23)20-13-6-3-5-12(11-13)17-14-7-1-2-8-15(14)18(24)22-21-17/h1-3,5-8,11H,4,9-10,19H2,(H,20,23)(H,22,24). The van der Waals surface area contributed by atoms with Crippen LogP contribution in [0.2, 0.25) is 0 Å². The normalized spacial score (nSPS) is 10.7. The van der Waals surface area contributed by atoms with E-state index >= 15 is 0 Å². The van der Waals surface area contributed by atoms with Crippen molar-refractivity contribution in [3.63, 3.8) is 0 Å². The monoisotopic (exact) mass is 322 g/mol. The number of hydrogen-bond acceptors (Lipinski definition) is 4. The molecule has 122 valence electrons. The Hall–Kier alpha value is -2.99. The van der Waals surface area contributed by atoms with Gasteiger partial charge in [-0.25, -0.2) is 5.10 Å². The van der Waals surface area contributed by atoms with Crippen LogP contribution in [0.4, 0.5) is 5.69 Å². The van der Waals surface area contributed by atoms with Crippen LogP contribution >= 0.6 is 0 Å². The van der Waals surface area contributed by atoms with E-state index in [0.717, 1.165) is 10.9 Å². The van der Waals surface area contributed by atoms with E-state index in [2.05, 4.69) is 15.5 Å². The van der Waals surface area contributed by atoms with Crippen LogP contribution in [-0.4, -0.2) is 22.6 Å². The van der Waals surface area contributed by atoms with Gasteiger partial charge in [-0.1, -0.05) is 30.3 Å². The number of nitrogens with one attached hydrogen (secondary N) is 2. The number of H-pyrrole nitrogens is 1. The molecule has 0 saturated heterocycles. The first-order valence-electron chi connectivity index (χ1n) is 7.77. The minimum absolute atomic E-state index is 0.0723. The number of carbonyl (C=O) groups excluding carboxylic acids is 1. The number of carbonyl (C=O) groups is 1. The van der Waals surface area contributed by atoms with Gasteiger partial charge in [-0.15, -0.1) is 0 Å². The lowest BCUT2D eigenvalue weighted by atomic mass is 10.0. The van der Waals surface area contributed by atoms with Gasteiger partial charge in [0, 0.05) is 23.1 Å². The molecule has 0 bridgehead atoms. The molecule has 0 aliphatic heterocycles. The Morgan fingerprint density at radius 2 is 1.92 bits per heavy atom. The van der Waals surface area contributed by atoms with E-state index in [0.29, 0.717) is 36.2 Å². The Labute approximate surface area is 138 Å². The number of benzene rings is 2. The van der Waals surface area contributed by atoms with E-state index in [9.17, 15) is 9.59 Å². The summed E-state index contributed by atoms with van der Waals surface area (Å²) in [5, 5.41) is 10.9. The van der Waals surface area contributed by atoms with Gasteiger partial charge in [-0.2, -0.15) is 5.10 Å². The van der Waals surface area contributed by atoms with Crippen molar-refractivity contribution in [1.82, 2.24) is 10.2 Å². The van der Waals surface area contributed by atoms with E-state index in [4.69, 9.17) is 5.73 Å². The first-order chi connectivity index (χ1) is 11.7. The molecule has 3 rings (SSSR count). The summed E-state index contributed by atoms with van der Waals surface area (Å²) in [5.74, 6) is -0.0723. The van der Waals surface area contributed by atoms with Gasteiger partial charge in [0.25, 0.3) is 5.56 Å². The van der Waals surface area contributed by atoms with Crippen molar-refractivity contribution in [3.8, 4) is 11.3 Å². The van der Waals surface area contributed by atoms with E-state index in [-0.39, 0.29) is 11.5 Å². The van der Waals surface area contributed by atoms with Crippen molar-refractivity contribution >= 4 is 22.4 Å². The van der Waals surface area contributed by atoms with Crippen LogP contribution in [0.15, 0.2) is 53.3 Å². The molecule has 0 spiro atoms. The Balaban J connectivity index is 1.96. The fourth-order valence-corrected chi connectivity index (χ4v) is 2.57. The maximum absolute atomic E-state index is 11.9. The molecular weight excluding hydrogens is 304 g/mol. The van der Waals surface area contributed by atoms with Crippen LogP contribution < -0.4 is 16.6 Å². The Morgan fingerprint density at radius 1 is 1.12 bits per heavy atom. The molecule has 1 amide bonds. The predicted molar refractivity (Wildman–Crippen MR) is 94.7 cm³/mol.